The molecule has 4 rings (SSSR count). The Labute approximate surface area is 182 Å². The van der Waals surface area contributed by atoms with Crippen LogP contribution in [-0.4, -0.2) is 0 Å². The number of hydrogen-bond acceptors (Lipinski definition) is 0. The minimum Gasteiger partial charge on any atom is -0.200 e. The first-order valence-corrected chi connectivity index (χ1v) is 11.3. The number of allylic oxidation sites excluding steroid dienone is 1. The van der Waals surface area contributed by atoms with Crippen molar-refractivity contribution >= 4 is 21.9 Å². The maximum Gasteiger partial charge on any atom is 0.221 e. The van der Waals surface area contributed by atoms with E-state index in [9.17, 15) is 0 Å². The molecule has 156 valence electrons. The van der Waals surface area contributed by atoms with E-state index >= 15 is 0 Å². The number of benzene rings is 2. The van der Waals surface area contributed by atoms with E-state index in [0.29, 0.717) is 5.92 Å². The third kappa shape index (κ3) is 3.29. The van der Waals surface area contributed by atoms with Crippen molar-refractivity contribution in [2.45, 2.75) is 67.2 Å². The van der Waals surface area contributed by atoms with Crippen LogP contribution >= 0.6 is 0 Å². The van der Waals surface area contributed by atoms with Crippen LogP contribution in [0.5, 0.6) is 0 Å². The molecule has 0 aliphatic heterocycles. The van der Waals surface area contributed by atoms with Crippen LogP contribution in [0.3, 0.4) is 0 Å². The Morgan fingerprint density at radius 3 is 2.27 bits per heavy atom. The molecule has 2 aromatic carbocycles. The van der Waals surface area contributed by atoms with Crippen molar-refractivity contribution in [2.24, 2.45) is 13.0 Å². The van der Waals surface area contributed by atoms with Crippen LogP contribution in [0.25, 0.3) is 21.9 Å². The Balaban J connectivity index is 2.16. The highest BCUT2D eigenvalue weighted by atomic mass is 14.9. The monoisotopic (exact) mass is 398 g/mol. The van der Waals surface area contributed by atoms with Gasteiger partial charge in [-0.05, 0) is 77.3 Å². The number of hydrogen-bond donors (Lipinski definition) is 0. The number of nitrogens with zero attached hydrogens (tertiary/aromatic N) is 1. The highest BCUT2D eigenvalue weighted by molar-refractivity contribution is 6.16. The molecule has 0 saturated heterocycles. The second-order valence-corrected chi connectivity index (χ2v) is 10.7. The second kappa shape index (κ2) is 7.08. The molecule has 0 amide bonds. The summed E-state index contributed by atoms with van der Waals surface area (Å²) in [5, 5.41) is 2.79. The Morgan fingerprint density at radius 2 is 1.63 bits per heavy atom. The molecule has 1 nitrogen and oxygen atoms in total. The Bertz CT molecular complexity index is 1200. The fourth-order valence-corrected chi connectivity index (χ4v) is 4.96. The molecule has 1 heteroatoms. The van der Waals surface area contributed by atoms with E-state index in [4.69, 9.17) is 0 Å². The van der Waals surface area contributed by atoms with Gasteiger partial charge in [0.15, 0.2) is 6.20 Å². The van der Waals surface area contributed by atoms with Crippen LogP contribution in [0, 0.1) is 26.7 Å². The van der Waals surface area contributed by atoms with Crippen molar-refractivity contribution in [3.63, 3.8) is 0 Å². The fourth-order valence-electron chi connectivity index (χ4n) is 4.96. The number of aromatic nitrogens is 1. The highest BCUT2D eigenvalue weighted by Gasteiger charge is 2.34. The molecule has 30 heavy (non-hydrogen) atoms. The lowest BCUT2D eigenvalue weighted by atomic mass is 9.83. The van der Waals surface area contributed by atoms with Gasteiger partial charge in [-0.3, -0.25) is 0 Å². The van der Waals surface area contributed by atoms with Crippen molar-refractivity contribution in [2.75, 3.05) is 0 Å². The van der Waals surface area contributed by atoms with Gasteiger partial charge in [0, 0.05) is 6.07 Å². The lowest BCUT2D eigenvalue weighted by Crippen LogP contribution is -2.32. The van der Waals surface area contributed by atoms with Gasteiger partial charge in [0.2, 0.25) is 5.69 Å². The molecule has 0 atom stereocenters. The molecule has 3 aromatic rings. The molecule has 0 saturated carbocycles. The van der Waals surface area contributed by atoms with E-state index in [1.807, 2.05) is 0 Å². The SMILES string of the molecule is Cc1cc(C)c(C)c(C2=C(CC(C)C)c3cc(C(C)(C)C)cc4cc[n+](C)c2c34)c1. The van der Waals surface area contributed by atoms with Gasteiger partial charge in [-0.2, -0.15) is 0 Å². The van der Waals surface area contributed by atoms with Gasteiger partial charge in [0.1, 0.15) is 7.05 Å². The van der Waals surface area contributed by atoms with Crippen molar-refractivity contribution in [1.82, 2.24) is 0 Å². The van der Waals surface area contributed by atoms with Gasteiger partial charge in [0.25, 0.3) is 0 Å². The summed E-state index contributed by atoms with van der Waals surface area (Å²) in [7, 11) is 2.20. The molecule has 1 aliphatic carbocycles. The zero-order valence-electron chi connectivity index (χ0n) is 20.2. The average molecular weight is 399 g/mol. The summed E-state index contributed by atoms with van der Waals surface area (Å²) in [6.07, 6.45) is 3.34. The van der Waals surface area contributed by atoms with Gasteiger partial charge in [-0.1, -0.05) is 64.4 Å². The average Bonchev–Trinajstić information content (AvgIpc) is 2.95. The van der Waals surface area contributed by atoms with E-state index < -0.39 is 0 Å². The summed E-state index contributed by atoms with van der Waals surface area (Å²) < 4.78 is 2.34. The lowest BCUT2D eigenvalue weighted by molar-refractivity contribution is -0.672. The third-order valence-corrected chi connectivity index (χ3v) is 6.66. The zero-order chi connectivity index (χ0) is 22.0. The standard InChI is InChI=1S/C29H36N/c1-17(2)12-24-25-16-22(29(6,7)8)15-21-10-11-30(9)28(26(21)25)27(24)23-14-18(3)13-19(4)20(23)5/h10-11,13-17H,12H2,1-9H3/q+1. The summed E-state index contributed by atoms with van der Waals surface area (Å²) in [4.78, 5) is 0. The molecular weight excluding hydrogens is 362 g/mol. The Morgan fingerprint density at radius 1 is 0.933 bits per heavy atom. The van der Waals surface area contributed by atoms with Crippen molar-refractivity contribution in [1.29, 1.82) is 0 Å². The molecule has 0 radical (unpaired) electrons. The first kappa shape index (κ1) is 20.8. The largest absolute Gasteiger partial charge is 0.221 e. The first-order chi connectivity index (χ1) is 14.0. The van der Waals surface area contributed by atoms with E-state index in [-0.39, 0.29) is 5.41 Å². The van der Waals surface area contributed by atoms with E-state index in [1.165, 1.54) is 61.0 Å². The molecule has 0 N–H and O–H groups in total. The van der Waals surface area contributed by atoms with Crippen LogP contribution in [0.1, 0.15) is 80.1 Å². The second-order valence-electron chi connectivity index (χ2n) is 10.7. The molecule has 1 heterocycles. The molecular formula is C29H36N+. The van der Waals surface area contributed by atoms with Crippen LogP contribution in [0.2, 0.25) is 0 Å². The summed E-state index contributed by atoms with van der Waals surface area (Å²) in [6, 6.07) is 11.9. The number of pyridine rings is 1. The normalized spacial score (nSPS) is 13.8. The smallest absolute Gasteiger partial charge is 0.200 e. The fraction of sp³-hybridized carbons (Fsp3) is 0.414. The number of rotatable bonds is 3. The first-order valence-electron chi connectivity index (χ1n) is 11.3. The quantitative estimate of drug-likeness (QED) is 0.411. The van der Waals surface area contributed by atoms with E-state index in [0.717, 1.165) is 6.42 Å². The summed E-state index contributed by atoms with van der Waals surface area (Å²) in [5.74, 6) is 0.606. The minimum absolute atomic E-state index is 0.129. The topological polar surface area (TPSA) is 3.88 Å². The molecule has 0 fully saturated rings. The molecule has 0 spiro atoms. The summed E-state index contributed by atoms with van der Waals surface area (Å²) in [6.45, 7) is 18.4. The van der Waals surface area contributed by atoms with Crippen molar-refractivity contribution in [3.8, 4) is 0 Å². The maximum absolute atomic E-state index is 2.48. The van der Waals surface area contributed by atoms with Crippen molar-refractivity contribution in [3.05, 3.63) is 75.6 Å². The predicted molar refractivity (Wildman–Crippen MR) is 130 cm³/mol. The summed E-state index contributed by atoms with van der Waals surface area (Å²) >= 11 is 0. The van der Waals surface area contributed by atoms with Crippen LogP contribution in [0.15, 0.2) is 36.5 Å². The number of aryl methyl sites for hydroxylation is 3. The van der Waals surface area contributed by atoms with Gasteiger partial charge in [-0.25, -0.2) is 4.57 Å². The molecule has 0 unspecified atom stereocenters. The molecule has 1 aliphatic rings. The van der Waals surface area contributed by atoms with E-state index in [1.54, 1.807) is 0 Å². The Kier molecular flexibility index (Phi) is 4.92. The van der Waals surface area contributed by atoms with Gasteiger partial charge in [-0.15, -0.1) is 0 Å². The van der Waals surface area contributed by atoms with Crippen molar-refractivity contribution < 1.29 is 4.57 Å². The molecule has 0 bridgehead atoms. The maximum atomic E-state index is 2.48. The van der Waals surface area contributed by atoms with E-state index in [2.05, 4.69) is 104 Å². The van der Waals surface area contributed by atoms with Gasteiger partial charge < -0.3 is 0 Å². The highest BCUT2D eigenvalue weighted by Crippen LogP contribution is 2.48. The van der Waals surface area contributed by atoms with Crippen LogP contribution < -0.4 is 4.57 Å². The van der Waals surface area contributed by atoms with Gasteiger partial charge >= 0.3 is 0 Å². The Hall–Kier alpha value is -2.41. The third-order valence-electron chi connectivity index (χ3n) is 6.66. The minimum atomic E-state index is 0.129. The zero-order valence-corrected chi connectivity index (χ0v) is 20.2. The lowest BCUT2D eigenvalue weighted by Gasteiger charge is -2.21. The predicted octanol–water partition coefficient (Wildman–Crippen LogP) is 7.21. The van der Waals surface area contributed by atoms with Crippen LogP contribution in [0.4, 0.5) is 0 Å². The molecule has 1 aromatic heterocycles. The summed E-state index contributed by atoms with van der Waals surface area (Å²) in [5.41, 5.74) is 12.9. The van der Waals surface area contributed by atoms with Gasteiger partial charge in [0.05, 0.1) is 11.0 Å². The van der Waals surface area contributed by atoms with Crippen LogP contribution in [-0.2, 0) is 12.5 Å².